The molecule has 1 N–H and O–H groups in total. The zero-order chi connectivity index (χ0) is 17.5. The lowest BCUT2D eigenvalue weighted by Gasteiger charge is -2.12. The molecule has 24 heavy (non-hydrogen) atoms. The van der Waals surface area contributed by atoms with Crippen molar-refractivity contribution in [2.75, 3.05) is 21.3 Å². The van der Waals surface area contributed by atoms with Crippen molar-refractivity contribution in [2.45, 2.75) is 0 Å². The molecule has 0 aliphatic rings. The molecule has 0 radical (unpaired) electrons. The number of methoxy groups -OCH3 is 3. The van der Waals surface area contributed by atoms with Gasteiger partial charge in [0.25, 0.3) is 5.91 Å². The highest BCUT2D eigenvalue weighted by atomic mass is 35.5. The van der Waals surface area contributed by atoms with Crippen LogP contribution in [0.4, 0.5) is 0 Å². The molecule has 0 unspecified atom stereocenters. The first-order valence-corrected chi connectivity index (χ1v) is 7.36. The van der Waals surface area contributed by atoms with Crippen LogP contribution >= 0.6 is 11.6 Å². The first-order valence-electron chi connectivity index (χ1n) is 6.98. The Bertz CT molecular complexity index is 737. The van der Waals surface area contributed by atoms with E-state index >= 15 is 0 Å². The largest absolute Gasteiger partial charge is 0.496 e. The van der Waals surface area contributed by atoms with Crippen LogP contribution in [-0.4, -0.2) is 33.5 Å². The van der Waals surface area contributed by atoms with Gasteiger partial charge in [-0.2, -0.15) is 5.10 Å². The van der Waals surface area contributed by atoms with Crippen LogP contribution in [0.15, 0.2) is 41.5 Å². The average Bonchev–Trinajstić information content (AvgIpc) is 2.61. The molecule has 1 amide bonds. The van der Waals surface area contributed by atoms with Gasteiger partial charge in [0.15, 0.2) is 0 Å². The van der Waals surface area contributed by atoms with E-state index in [1.165, 1.54) is 20.4 Å². The summed E-state index contributed by atoms with van der Waals surface area (Å²) >= 11 is 5.98. The Morgan fingerprint density at radius 2 is 1.71 bits per heavy atom. The predicted octanol–water partition coefficient (Wildman–Crippen LogP) is 3.13. The van der Waals surface area contributed by atoms with Crippen LogP contribution in [0.5, 0.6) is 17.2 Å². The molecule has 126 valence electrons. The van der Waals surface area contributed by atoms with Gasteiger partial charge in [0.2, 0.25) is 0 Å². The van der Waals surface area contributed by atoms with Crippen molar-refractivity contribution in [3.63, 3.8) is 0 Å². The molecule has 0 bridgehead atoms. The number of nitrogens with one attached hydrogen (secondary N) is 1. The molecule has 0 atom stereocenters. The molecular weight excluding hydrogens is 332 g/mol. The number of hydrogen-bond donors (Lipinski definition) is 1. The molecule has 0 aliphatic heterocycles. The van der Waals surface area contributed by atoms with Crippen molar-refractivity contribution >= 4 is 23.7 Å². The average molecular weight is 349 g/mol. The van der Waals surface area contributed by atoms with Gasteiger partial charge in [-0.1, -0.05) is 23.7 Å². The zero-order valence-corrected chi connectivity index (χ0v) is 14.3. The van der Waals surface area contributed by atoms with E-state index < -0.39 is 5.91 Å². The van der Waals surface area contributed by atoms with Gasteiger partial charge in [-0.3, -0.25) is 4.79 Å². The number of rotatable bonds is 6. The second-order valence-electron chi connectivity index (χ2n) is 4.62. The van der Waals surface area contributed by atoms with Gasteiger partial charge in [0.05, 0.1) is 43.7 Å². The molecule has 0 heterocycles. The summed E-state index contributed by atoms with van der Waals surface area (Å²) in [5.41, 5.74) is 3.33. The van der Waals surface area contributed by atoms with Crippen molar-refractivity contribution in [1.82, 2.24) is 5.43 Å². The summed E-state index contributed by atoms with van der Waals surface area (Å²) in [6.07, 6.45) is 1.44. The summed E-state index contributed by atoms with van der Waals surface area (Å²) in [6, 6.07) is 10.1. The Morgan fingerprint density at radius 1 is 1.08 bits per heavy atom. The summed E-state index contributed by atoms with van der Waals surface area (Å²) in [6.45, 7) is 0. The van der Waals surface area contributed by atoms with Crippen molar-refractivity contribution in [1.29, 1.82) is 0 Å². The van der Waals surface area contributed by atoms with Crippen LogP contribution in [0, 0.1) is 0 Å². The lowest BCUT2D eigenvalue weighted by atomic mass is 10.2. The maximum atomic E-state index is 12.1. The van der Waals surface area contributed by atoms with Gasteiger partial charge in [-0.15, -0.1) is 0 Å². The predicted molar refractivity (Wildman–Crippen MR) is 92.6 cm³/mol. The summed E-state index contributed by atoms with van der Waals surface area (Å²) in [5, 5.41) is 4.30. The quantitative estimate of drug-likeness (QED) is 0.643. The summed E-state index contributed by atoms with van der Waals surface area (Å²) in [7, 11) is 4.59. The Balaban J connectivity index is 2.23. The molecule has 0 spiro atoms. The van der Waals surface area contributed by atoms with Crippen LogP contribution in [0.2, 0.25) is 5.02 Å². The SMILES string of the molecule is COc1cc(OC)c(/C=N/NC(=O)c2ccccc2Cl)c(OC)c1. The van der Waals surface area contributed by atoms with E-state index in [4.69, 9.17) is 25.8 Å². The second kappa shape index (κ2) is 8.21. The van der Waals surface area contributed by atoms with Crippen molar-refractivity contribution in [3.8, 4) is 17.2 Å². The van der Waals surface area contributed by atoms with Crippen molar-refractivity contribution in [3.05, 3.63) is 52.5 Å². The molecular formula is C17H17ClN2O4. The topological polar surface area (TPSA) is 69.2 Å². The van der Waals surface area contributed by atoms with Crippen LogP contribution in [0.1, 0.15) is 15.9 Å². The summed E-state index contributed by atoms with van der Waals surface area (Å²) in [4.78, 5) is 12.1. The number of benzene rings is 2. The summed E-state index contributed by atoms with van der Waals surface area (Å²) < 4.78 is 15.8. The number of carbonyl (C=O) groups is 1. The normalized spacial score (nSPS) is 10.5. The molecule has 7 heteroatoms. The van der Waals surface area contributed by atoms with E-state index in [1.807, 2.05) is 0 Å². The van der Waals surface area contributed by atoms with Crippen molar-refractivity contribution < 1.29 is 19.0 Å². The Labute approximate surface area is 145 Å². The smallest absolute Gasteiger partial charge is 0.272 e. The lowest BCUT2D eigenvalue weighted by Crippen LogP contribution is -2.18. The highest BCUT2D eigenvalue weighted by Crippen LogP contribution is 2.32. The molecule has 0 aliphatic carbocycles. The van der Waals surface area contributed by atoms with Gasteiger partial charge >= 0.3 is 0 Å². The van der Waals surface area contributed by atoms with E-state index in [9.17, 15) is 4.79 Å². The van der Waals surface area contributed by atoms with Crippen molar-refractivity contribution in [2.24, 2.45) is 5.10 Å². The van der Waals surface area contributed by atoms with Crippen LogP contribution < -0.4 is 19.6 Å². The molecule has 2 rings (SSSR count). The minimum Gasteiger partial charge on any atom is -0.496 e. The molecule has 0 saturated heterocycles. The Hall–Kier alpha value is -2.73. The number of carbonyl (C=O) groups excluding carboxylic acids is 1. The Morgan fingerprint density at radius 3 is 2.25 bits per heavy atom. The van der Waals surface area contributed by atoms with E-state index in [0.717, 1.165) is 0 Å². The fourth-order valence-corrected chi connectivity index (χ4v) is 2.24. The van der Waals surface area contributed by atoms with E-state index in [2.05, 4.69) is 10.5 Å². The first kappa shape index (κ1) is 17.6. The molecule has 6 nitrogen and oxygen atoms in total. The third kappa shape index (κ3) is 3.97. The zero-order valence-electron chi connectivity index (χ0n) is 13.5. The standard InChI is InChI=1S/C17H17ClN2O4/c1-22-11-8-15(23-2)13(16(9-11)24-3)10-19-20-17(21)12-6-4-5-7-14(12)18/h4-10H,1-3H3,(H,20,21)/b19-10+. The van der Waals surface area contributed by atoms with E-state index in [1.54, 1.807) is 43.5 Å². The number of amides is 1. The number of hydrazone groups is 1. The number of halogens is 1. The first-order chi connectivity index (χ1) is 11.6. The van der Waals surface area contributed by atoms with E-state index in [0.29, 0.717) is 33.4 Å². The molecule has 0 fully saturated rings. The van der Waals surface area contributed by atoms with Crippen LogP contribution in [-0.2, 0) is 0 Å². The van der Waals surface area contributed by atoms with Gasteiger partial charge < -0.3 is 14.2 Å². The minimum absolute atomic E-state index is 0.338. The maximum absolute atomic E-state index is 12.1. The summed E-state index contributed by atoms with van der Waals surface area (Å²) in [5.74, 6) is 1.17. The van der Waals surface area contributed by atoms with Gasteiger partial charge in [-0.05, 0) is 12.1 Å². The molecule has 2 aromatic carbocycles. The van der Waals surface area contributed by atoms with Gasteiger partial charge in [0, 0.05) is 12.1 Å². The van der Waals surface area contributed by atoms with Crippen LogP contribution in [0.25, 0.3) is 0 Å². The monoisotopic (exact) mass is 348 g/mol. The number of hydrogen-bond acceptors (Lipinski definition) is 5. The highest BCUT2D eigenvalue weighted by Gasteiger charge is 2.12. The third-order valence-corrected chi connectivity index (χ3v) is 3.56. The minimum atomic E-state index is -0.414. The fourth-order valence-electron chi connectivity index (χ4n) is 2.02. The van der Waals surface area contributed by atoms with Crippen LogP contribution in [0.3, 0.4) is 0 Å². The van der Waals surface area contributed by atoms with E-state index in [-0.39, 0.29) is 0 Å². The fraction of sp³-hybridized carbons (Fsp3) is 0.176. The Kier molecular flexibility index (Phi) is 6.03. The second-order valence-corrected chi connectivity index (χ2v) is 5.03. The maximum Gasteiger partial charge on any atom is 0.272 e. The number of ether oxygens (including phenoxy) is 3. The third-order valence-electron chi connectivity index (χ3n) is 3.23. The highest BCUT2D eigenvalue weighted by molar-refractivity contribution is 6.33. The number of nitrogens with zero attached hydrogens (tertiary/aromatic N) is 1. The molecule has 0 saturated carbocycles. The molecule has 0 aromatic heterocycles. The lowest BCUT2D eigenvalue weighted by molar-refractivity contribution is 0.0955. The molecule has 2 aromatic rings. The van der Waals surface area contributed by atoms with Gasteiger partial charge in [-0.25, -0.2) is 5.43 Å². The van der Waals surface area contributed by atoms with Gasteiger partial charge in [0.1, 0.15) is 17.2 Å².